The van der Waals surface area contributed by atoms with Crippen molar-refractivity contribution in [3.63, 3.8) is 0 Å². The number of nitrogens with zero attached hydrogens (tertiary/aromatic N) is 1. The number of anilines is 1. The van der Waals surface area contributed by atoms with Gasteiger partial charge in [-0.25, -0.2) is 4.79 Å². The topological polar surface area (TPSA) is 86.7 Å². The summed E-state index contributed by atoms with van der Waals surface area (Å²) in [5.74, 6) is -1.13. The third kappa shape index (κ3) is 3.14. The van der Waals surface area contributed by atoms with Crippen molar-refractivity contribution in [2.75, 3.05) is 18.4 Å². The predicted molar refractivity (Wildman–Crippen MR) is 105 cm³/mol. The Morgan fingerprint density at radius 2 is 1.79 bits per heavy atom. The molecule has 2 heterocycles. The maximum atomic E-state index is 12.7. The Kier molecular flexibility index (Phi) is 4.59. The first kappa shape index (κ1) is 18.5. The number of benzene rings is 2. The SMILES string of the molecule is O=C(O)c1ccc2c(c1)C1(CCN(C(=O)Cc3ccc(Cl)cc3)CC1)C(=O)N2. The van der Waals surface area contributed by atoms with Crippen LogP contribution >= 0.6 is 11.6 Å². The van der Waals surface area contributed by atoms with Gasteiger partial charge in [-0.1, -0.05) is 23.7 Å². The predicted octanol–water partition coefficient (Wildman–Crippen LogP) is 3.09. The van der Waals surface area contributed by atoms with E-state index in [-0.39, 0.29) is 23.8 Å². The molecule has 7 heteroatoms. The Hall–Kier alpha value is -2.86. The van der Waals surface area contributed by atoms with Gasteiger partial charge >= 0.3 is 5.97 Å². The fourth-order valence-electron chi connectivity index (χ4n) is 4.07. The number of carbonyl (C=O) groups is 3. The average Bonchev–Trinajstić information content (AvgIpc) is 2.95. The molecule has 0 aromatic heterocycles. The summed E-state index contributed by atoms with van der Waals surface area (Å²) in [6.45, 7) is 0.910. The normalized spacial score (nSPS) is 17.3. The van der Waals surface area contributed by atoms with Gasteiger partial charge in [0.15, 0.2) is 0 Å². The quantitative estimate of drug-likeness (QED) is 0.831. The number of fused-ring (bicyclic) bond motifs is 2. The second-order valence-electron chi connectivity index (χ2n) is 7.29. The highest BCUT2D eigenvalue weighted by atomic mass is 35.5. The van der Waals surface area contributed by atoms with E-state index in [1.165, 1.54) is 6.07 Å². The van der Waals surface area contributed by atoms with Crippen molar-refractivity contribution in [2.24, 2.45) is 0 Å². The van der Waals surface area contributed by atoms with Crippen LogP contribution in [-0.4, -0.2) is 40.9 Å². The zero-order valence-corrected chi connectivity index (χ0v) is 15.8. The molecule has 6 nitrogen and oxygen atoms in total. The summed E-state index contributed by atoms with van der Waals surface area (Å²) < 4.78 is 0. The zero-order valence-electron chi connectivity index (χ0n) is 15.1. The summed E-state index contributed by atoms with van der Waals surface area (Å²) in [5.41, 5.74) is 1.68. The first-order valence-corrected chi connectivity index (χ1v) is 9.48. The van der Waals surface area contributed by atoms with E-state index in [0.29, 0.717) is 36.6 Å². The lowest BCUT2D eigenvalue weighted by atomic mass is 9.73. The van der Waals surface area contributed by atoms with Crippen LogP contribution < -0.4 is 5.32 Å². The van der Waals surface area contributed by atoms with Crippen LogP contribution in [0.4, 0.5) is 5.69 Å². The molecule has 4 rings (SSSR count). The standard InChI is InChI=1S/C21H19ClN2O4/c22-15-4-1-13(2-5-15)11-18(25)24-9-7-21(8-10-24)16-12-14(19(26)27)3-6-17(16)23-20(21)28/h1-6,12H,7-11H2,(H,23,28)(H,26,27). The molecule has 0 unspecified atom stereocenters. The number of likely N-dealkylation sites (tertiary alicyclic amines) is 1. The van der Waals surface area contributed by atoms with Gasteiger partial charge < -0.3 is 15.3 Å². The van der Waals surface area contributed by atoms with E-state index in [0.717, 1.165) is 11.1 Å². The van der Waals surface area contributed by atoms with Gasteiger partial charge in [-0.05, 0) is 54.3 Å². The third-order valence-electron chi connectivity index (χ3n) is 5.70. The molecule has 28 heavy (non-hydrogen) atoms. The van der Waals surface area contributed by atoms with Crippen LogP contribution in [0.5, 0.6) is 0 Å². The van der Waals surface area contributed by atoms with Gasteiger partial charge in [-0.15, -0.1) is 0 Å². The number of hydrogen-bond acceptors (Lipinski definition) is 3. The molecule has 1 saturated heterocycles. The number of piperidine rings is 1. The molecule has 0 atom stereocenters. The van der Waals surface area contributed by atoms with E-state index in [4.69, 9.17) is 11.6 Å². The lowest BCUT2D eigenvalue weighted by Gasteiger charge is -2.38. The summed E-state index contributed by atoms with van der Waals surface area (Å²) in [6.07, 6.45) is 1.23. The number of hydrogen-bond donors (Lipinski definition) is 2. The number of carbonyl (C=O) groups excluding carboxylic acids is 2. The molecule has 2 aromatic rings. The molecule has 144 valence electrons. The van der Waals surface area contributed by atoms with E-state index < -0.39 is 11.4 Å². The van der Waals surface area contributed by atoms with Gasteiger partial charge in [0.2, 0.25) is 11.8 Å². The highest BCUT2D eigenvalue weighted by molar-refractivity contribution is 6.30. The minimum absolute atomic E-state index is 0.00934. The van der Waals surface area contributed by atoms with Crippen LogP contribution in [0.2, 0.25) is 5.02 Å². The number of carboxylic acids is 1. The van der Waals surface area contributed by atoms with Gasteiger partial charge in [0, 0.05) is 23.8 Å². The van der Waals surface area contributed by atoms with Crippen molar-refractivity contribution in [1.82, 2.24) is 4.90 Å². The van der Waals surface area contributed by atoms with Crippen molar-refractivity contribution < 1.29 is 19.5 Å². The van der Waals surface area contributed by atoms with Gasteiger partial charge in [0.1, 0.15) is 0 Å². The first-order valence-electron chi connectivity index (χ1n) is 9.10. The molecule has 0 aliphatic carbocycles. The minimum Gasteiger partial charge on any atom is -0.478 e. The number of nitrogens with one attached hydrogen (secondary N) is 1. The Balaban J connectivity index is 1.50. The van der Waals surface area contributed by atoms with E-state index >= 15 is 0 Å². The Labute approximate surface area is 167 Å². The highest BCUT2D eigenvalue weighted by Crippen LogP contribution is 2.45. The van der Waals surface area contributed by atoms with Gasteiger partial charge in [0.25, 0.3) is 0 Å². The monoisotopic (exact) mass is 398 g/mol. The molecule has 1 fully saturated rings. The number of amides is 2. The van der Waals surface area contributed by atoms with Crippen molar-refractivity contribution in [2.45, 2.75) is 24.7 Å². The molecule has 0 radical (unpaired) electrons. The molecule has 2 N–H and O–H groups in total. The Morgan fingerprint density at radius 1 is 1.11 bits per heavy atom. The van der Waals surface area contributed by atoms with Crippen LogP contribution in [-0.2, 0) is 21.4 Å². The van der Waals surface area contributed by atoms with Gasteiger partial charge in [0.05, 0.1) is 17.4 Å². The fourth-order valence-corrected chi connectivity index (χ4v) is 4.20. The van der Waals surface area contributed by atoms with E-state index in [1.807, 2.05) is 12.1 Å². The summed E-state index contributed by atoms with van der Waals surface area (Å²) in [4.78, 5) is 38.4. The van der Waals surface area contributed by atoms with Crippen LogP contribution in [0.1, 0.15) is 34.3 Å². The lowest BCUT2D eigenvalue weighted by molar-refractivity contribution is -0.134. The van der Waals surface area contributed by atoms with Crippen LogP contribution in [0.25, 0.3) is 0 Å². The van der Waals surface area contributed by atoms with Crippen molar-refractivity contribution in [3.8, 4) is 0 Å². The van der Waals surface area contributed by atoms with Crippen LogP contribution in [0.15, 0.2) is 42.5 Å². The number of carboxylic acid groups (broad SMARTS) is 1. The number of rotatable bonds is 3. The Morgan fingerprint density at radius 3 is 2.43 bits per heavy atom. The van der Waals surface area contributed by atoms with Gasteiger partial charge in [-0.3, -0.25) is 9.59 Å². The van der Waals surface area contributed by atoms with Gasteiger partial charge in [-0.2, -0.15) is 0 Å². The fraction of sp³-hybridized carbons (Fsp3) is 0.286. The number of halogens is 1. The summed E-state index contributed by atoms with van der Waals surface area (Å²) in [7, 11) is 0. The molecule has 1 spiro atoms. The van der Waals surface area contributed by atoms with Crippen molar-refractivity contribution in [1.29, 1.82) is 0 Å². The molecule has 2 aliphatic heterocycles. The molecular weight excluding hydrogens is 380 g/mol. The van der Waals surface area contributed by atoms with E-state index in [2.05, 4.69) is 5.32 Å². The van der Waals surface area contributed by atoms with Crippen LogP contribution in [0.3, 0.4) is 0 Å². The molecule has 2 aliphatic rings. The second kappa shape index (κ2) is 6.95. The largest absolute Gasteiger partial charge is 0.478 e. The lowest BCUT2D eigenvalue weighted by Crippen LogP contribution is -2.48. The summed E-state index contributed by atoms with van der Waals surface area (Å²) >= 11 is 5.88. The molecule has 0 bridgehead atoms. The Bertz CT molecular complexity index is 963. The maximum Gasteiger partial charge on any atom is 0.335 e. The number of aromatic carboxylic acids is 1. The third-order valence-corrected chi connectivity index (χ3v) is 5.96. The minimum atomic E-state index is -1.02. The maximum absolute atomic E-state index is 12.7. The zero-order chi connectivity index (χ0) is 19.9. The van der Waals surface area contributed by atoms with Crippen LogP contribution in [0, 0.1) is 0 Å². The molecule has 2 amide bonds. The van der Waals surface area contributed by atoms with E-state index in [9.17, 15) is 19.5 Å². The molecule has 0 saturated carbocycles. The summed E-state index contributed by atoms with van der Waals surface area (Å²) in [5, 5.41) is 12.8. The first-order chi connectivity index (χ1) is 13.4. The van der Waals surface area contributed by atoms with Crippen molar-refractivity contribution >= 4 is 35.1 Å². The highest BCUT2D eigenvalue weighted by Gasteiger charge is 2.49. The smallest absolute Gasteiger partial charge is 0.335 e. The molecule has 2 aromatic carbocycles. The van der Waals surface area contributed by atoms with Crippen molar-refractivity contribution in [3.05, 3.63) is 64.2 Å². The van der Waals surface area contributed by atoms with E-state index in [1.54, 1.807) is 29.2 Å². The molecular formula is C21H19ClN2O4. The second-order valence-corrected chi connectivity index (χ2v) is 7.72. The summed E-state index contributed by atoms with van der Waals surface area (Å²) in [6, 6.07) is 11.9. The average molecular weight is 399 g/mol.